The SMILES string of the molecule is c1ccc(P(c2ccccc2)P(=Nc2ccccn2)(c2ccccc2)c2ccccc2)cc1. The van der Waals surface area contributed by atoms with Crippen molar-refractivity contribution in [3.63, 3.8) is 0 Å². The van der Waals surface area contributed by atoms with Crippen molar-refractivity contribution in [1.82, 2.24) is 4.98 Å². The summed E-state index contributed by atoms with van der Waals surface area (Å²) in [6, 6.07) is 49.4. The number of pyridine rings is 1. The number of aromatic nitrogens is 1. The lowest BCUT2D eigenvalue weighted by atomic mass is 10.4. The molecule has 5 aromatic rings. The van der Waals surface area contributed by atoms with Crippen LogP contribution in [0.5, 0.6) is 0 Å². The normalized spacial score (nSPS) is 11.3. The summed E-state index contributed by atoms with van der Waals surface area (Å²) in [5.74, 6) is 0.776. The van der Waals surface area contributed by atoms with Crippen LogP contribution in [0.3, 0.4) is 0 Å². The molecule has 0 aliphatic heterocycles. The fraction of sp³-hybridized carbons (Fsp3) is 0. The molecule has 0 saturated heterocycles. The minimum absolute atomic E-state index is 0.776. The Morgan fingerprint density at radius 2 is 0.909 bits per heavy atom. The van der Waals surface area contributed by atoms with Crippen LogP contribution < -0.4 is 21.2 Å². The second-order valence-corrected chi connectivity index (χ2v) is 14.6. The minimum Gasteiger partial charge on any atom is -0.237 e. The monoisotopic (exact) mass is 462 g/mol. The van der Waals surface area contributed by atoms with Gasteiger partial charge in [-0.25, -0.2) is 9.73 Å². The van der Waals surface area contributed by atoms with Crippen molar-refractivity contribution >= 4 is 41.4 Å². The van der Waals surface area contributed by atoms with E-state index in [4.69, 9.17) is 4.74 Å². The zero-order chi connectivity index (χ0) is 22.3. The summed E-state index contributed by atoms with van der Waals surface area (Å²) in [4.78, 5) is 4.66. The predicted molar refractivity (Wildman–Crippen MR) is 144 cm³/mol. The van der Waals surface area contributed by atoms with Crippen LogP contribution in [-0.2, 0) is 0 Å². The second kappa shape index (κ2) is 10.1. The molecule has 1 aromatic heterocycles. The maximum atomic E-state index is 5.61. The van der Waals surface area contributed by atoms with Gasteiger partial charge >= 0.3 is 0 Å². The molecule has 0 saturated carbocycles. The molecule has 0 atom stereocenters. The van der Waals surface area contributed by atoms with Crippen LogP contribution in [0.15, 0.2) is 150 Å². The van der Waals surface area contributed by atoms with E-state index in [2.05, 4.69) is 126 Å². The molecular weight excluding hydrogens is 438 g/mol. The third-order valence-electron chi connectivity index (χ3n) is 5.42. The summed E-state index contributed by atoms with van der Waals surface area (Å²) < 4.78 is 5.61. The molecule has 0 aliphatic carbocycles. The van der Waals surface area contributed by atoms with Crippen LogP contribution in [0, 0.1) is 0 Å². The Morgan fingerprint density at radius 3 is 1.33 bits per heavy atom. The van der Waals surface area contributed by atoms with Crippen LogP contribution in [0.25, 0.3) is 0 Å². The maximum Gasteiger partial charge on any atom is 0.151 e. The molecule has 1 heterocycles. The highest BCUT2D eigenvalue weighted by atomic mass is 32.1. The first-order valence-corrected chi connectivity index (χ1v) is 14.7. The van der Waals surface area contributed by atoms with E-state index in [9.17, 15) is 0 Å². The van der Waals surface area contributed by atoms with Gasteiger partial charge < -0.3 is 0 Å². The highest BCUT2D eigenvalue weighted by Gasteiger charge is 2.36. The lowest BCUT2D eigenvalue weighted by Crippen LogP contribution is -2.23. The Bertz CT molecular complexity index is 1260. The molecule has 0 aliphatic rings. The fourth-order valence-corrected chi connectivity index (χ4v) is 14.1. The van der Waals surface area contributed by atoms with Crippen molar-refractivity contribution in [2.45, 2.75) is 0 Å². The average molecular weight is 462 g/mol. The number of hydrogen-bond acceptors (Lipinski definition) is 2. The third-order valence-corrected chi connectivity index (χ3v) is 14.9. The van der Waals surface area contributed by atoms with E-state index in [1.165, 1.54) is 21.2 Å². The zero-order valence-electron chi connectivity index (χ0n) is 18.1. The van der Waals surface area contributed by atoms with E-state index in [-0.39, 0.29) is 0 Å². The van der Waals surface area contributed by atoms with Crippen molar-refractivity contribution in [2.75, 3.05) is 0 Å². The number of nitrogens with zero attached hydrogens (tertiary/aromatic N) is 2. The van der Waals surface area contributed by atoms with Crippen molar-refractivity contribution in [1.29, 1.82) is 0 Å². The van der Waals surface area contributed by atoms with Gasteiger partial charge in [0.2, 0.25) is 0 Å². The quantitative estimate of drug-likeness (QED) is 0.261. The highest BCUT2D eigenvalue weighted by Crippen LogP contribution is 2.75. The molecule has 0 fully saturated rings. The van der Waals surface area contributed by atoms with Gasteiger partial charge in [0.15, 0.2) is 5.82 Å². The molecule has 4 heteroatoms. The van der Waals surface area contributed by atoms with Crippen molar-refractivity contribution in [3.05, 3.63) is 146 Å². The van der Waals surface area contributed by atoms with Gasteiger partial charge in [0.25, 0.3) is 0 Å². The van der Waals surface area contributed by atoms with Gasteiger partial charge in [-0.05, 0) is 22.7 Å². The van der Waals surface area contributed by atoms with E-state index < -0.39 is 14.4 Å². The van der Waals surface area contributed by atoms with Crippen LogP contribution in [0.1, 0.15) is 0 Å². The number of rotatable bonds is 6. The molecular formula is C29H24N2P2. The third kappa shape index (κ3) is 4.46. The molecule has 5 rings (SSSR count). The second-order valence-electron chi connectivity index (χ2n) is 7.54. The van der Waals surface area contributed by atoms with Gasteiger partial charge in [0.1, 0.15) is 0 Å². The number of hydrogen-bond donors (Lipinski definition) is 0. The predicted octanol–water partition coefficient (Wildman–Crippen LogP) is 6.61. The lowest BCUT2D eigenvalue weighted by molar-refractivity contribution is 1.29. The smallest absolute Gasteiger partial charge is 0.151 e. The first-order valence-electron chi connectivity index (χ1n) is 10.9. The van der Waals surface area contributed by atoms with Gasteiger partial charge in [0.05, 0.1) is 6.74 Å². The van der Waals surface area contributed by atoms with Gasteiger partial charge in [-0.1, -0.05) is 127 Å². The molecule has 0 radical (unpaired) electrons. The summed E-state index contributed by atoms with van der Waals surface area (Å²) in [5.41, 5.74) is 0. The van der Waals surface area contributed by atoms with E-state index >= 15 is 0 Å². The summed E-state index contributed by atoms with van der Waals surface area (Å²) in [6.07, 6.45) is 1.83. The Hall–Kier alpha value is -3.31. The Kier molecular flexibility index (Phi) is 6.58. The zero-order valence-corrected chi connectivity index (χ0v) is 19.9. The van der Waals surface area contributed by atoms with Crippen molar-refractivity contribution in [3.8, 4) is 0 Å². The topological polar surface area (TPSA) is 25.2 Å². The van der Waals surface area contributed by atoms with Gasteiger partial charge in [-0.2, -0.15) is 0 Å². The lowest BCUT2D eigenvalue weighted by Gasteiger charge is -2.35. The summed E-state index contributed by atoms with van der Waals surface area (Å²) in [5, 5.41) is 5.17. The van der Waals surface area contributed by atoms with Crippen molar-refractivity contribution in [2.24, 2.45) is 4.74 Å². The standard InChI is InChI=1S/C29H24N2P2/c1-5-15-25(16-6-1)32(26-17-7-2-8-18-26)33(27-19-9-3-10-20-27,28-21-11-4-12-22-28)31-29-23-13-14-24-30-29/h1-24H. The molecule has 2 nitrogen and oxygen atoms in total. The molecule has 0 unspecified atom stereocenters. The van der Waals surface area contributed by atoms with Crippen LogP contribution >= 0.6 is 14.4 Å². The van der Waals surface area contributed by atoms with Crippen LogP contribution in [0.4, 0.5) is 5.82 Å². The molecule has 0 amide bonds. The highest BCUT2D eigenvalue weighted by molar-refractivity contribution is 8.45. The minimum atomic E-state index is -2.35. The average Bonchev–Trinajstić information content (AvgIpc) is 2.91. The Balaban J connectivity index is 1.95. The van der Waals surface area contributed by atoms with Gasteiger partial charge in [0, 0.05) is 24.4 Å². The number of benzene rings is 4. The van der Waals surface area contributed by atoms with E-state index in [0.717, 1.165) is 5.82 Å². The van der Waals surface area contributed by atoms with E-state index in [1.807, 2.05) is 24.4 Å². The molecule has 4 aromatic carbocycles. The first-order chi connectivity index (χ1) is 16.4. The largest absolute Gasteiger partial charge is 0.237 e. The summed E-state index contributed by atoms with van der Waals surface area (Å²) in [7, 11) is -0.870. The van der Waals surface area contributed by atoms with Gasteiger partial charge in [-0.15, -0.1) is 0 Å². The molecule has 0 bridgehead atoms. The first kappa shape index (κ1) is 21.5. The molecule has 0 spiro atoms. The van der Waals surface area contributed by atoms with Crippen molar-refractivity contribution < 1.29 is 0 Å². The van der Waals surface area contributed by atoms with Gasteiger partial charge in [-0.3, -0.25) is 0 Å². The van der Waals surface area contributed by atoms with E-state index in [1.54, 1.807) is 0 Å². The summed E-state index contributed by atoms with van der Waals surface area (Å²) >= 11 is 0. The van der Waals surface area contributed by atoms with Crippen LogP contribution in [-0.4, -0.2) is 4.98 Å². The Labute approximate surface area is 196 Å². The van der Waals surface area contributed by atoms with Crippen LogP contribution in [0.2, 0.25) is 0 Å². The molecule has 160 valence electrons. The summed E-state index contributed by atoms with van der Waals surface area (Å²) in [6.45, 7) is -2.35. The molecule has 0 N–H and O–H groups in total. The fourth-order valence-electron chi connectivity index (χ4n) is 3.99. The van der Waals surface area contributed by atoms with E-state index in [0.29, 0.717) is 0 Å². The maximum absolute atomic E-state index is 5.61. The molecule has 33 heavy (non-hydrogen) atoms. The Morgan fingerprint density at radius 1 is 0.485 bits per heavy atom.